The third-order valence-electron chi connectivity index (χ3n) is 4.11. The van der Waals surface area contributed by atoms with Crippen LogP contribution in [-0.2, 0) is 6.54 Å². The van der Waals surface area contributed by atoms with Crippen molar-refractivity contribution >= 4 is 0 Å². The topological polar surface area (TPSA) is 29.3 Å². The Labute approximate surface area is 106 Å². The lowest BCUT2D eigenvalue weighted by atomic mass is 9.97. The zero-order valence-electron chi connectivity index (χ0n) is 12.1. The summed E-state index contributed by atoms with van der Waals surface area (Å²) in [6.07, 6.45) is 0. The molecule has 2 heteroatoms. The maximum Gasteiger partial charge on any atom is 0.0275 e. The van der Waals surface area contributed by atoms with Crippen molar-refractivity contribution in [1.29, 1.82) is 0 Å². The minimum atomic E-state index is 0.0469. The molecule has 1 aromatic carbocycles. The fourth-order valence-electron chi connectivity index (χ4n) is 1.81. The highest BCUT2D eigenvalue weighted by Gasteiger charge is 2.22. The minimum Gasteiger partial charge on any atom is -0.329 e. The summed E-state index contributed by atoms with van der Waals surface area (Å²) < 4.78 is 0. The van der Waals surface area contributed by atoms with Crippen molar-refractivity contribution in [1.82, 2.24) is 4.90 Å². The number of likely N-dealkylation sites (N-methyl/N-ethyl adjacent to an activating group) is 1. The van der Waals surface area contributed by atoms with Crippen molar-refractivity contribution in [3.8, 4) is 0 Å². The van der Waals surface area contributed by atoms with Crippen LogP contribution in [0.4, 0.5) is 0 Å². The predicted molar refractivity (Wildman–Crippen MR) is 75.3 cm³/mol. The van der Waals surface area contributed by atoms with E-state index in [1.807, 2.05) is 0 Å². The van der Waals surface area contributed by atoms with Crippen molar-refractivity contribution in [2.45, 2.75) is 46.7 Å². The molecule has 0 aromatic heterocycles. The van der Waals surface area contributed by atoms with Gasteiger partial charge in [0.05, 0.1) is 0 Å². The first-order valence-electron chi connectivity index (χ1n) is 6.26. The molecule has 0 spiro atoms. The molecule has 0 amide bonds. The summed E-state index contributed by atoms with van der Waals surface area (Å²) in [7, 11) is 2.14. The molecule has 0 radical (unpaired) electrons. The zero-order valence-corrected chi connectivity index (χ0v) is 12.1. The van der Waals surface area contributed by atoms with E-state index in [2.05, 4.69) is 58.7 Å². The van der Waals surface area contributed by atoms with Gasteiger partial charge in [-0.15, -0.1) is 0 Å². The highest BCUT2D eigenvalue weighted by atomic mass is 15.2. The first kappa shape index (κ1) is 14.2. The molecule has 2 N–H and O–H groups in total. The van der Waals surface area contributed by atoms with Crippen LogP contribution < -0.4 is 5.73 Å². The number of benzene rings is 1. The maximum atomic E-state index is 5.81. The number of nitrogens with two attached hydrogens (primary N) is 1. The largest absolute Gasteiger partial charge is 0.329 e. The van der Waals surface area contributed by atoms with E-state index in [4.69, 9.17) is 5.73 Å². The molecule has 0 aliphatic rings. The predicted octanol–water partition coefficient (Wildman–Crippen LogP) is 2.78. The fourth-order valence-corrected chi connectivity index (χ4v) is 1.81. The molecule has 2 nitrogen and oxygen atoms in total. The highest BCUT2D eigenvalue weighted by molar-refractivity contribution is 5.38. The second-order valence-corrected chi connectivity index (χ2v) is 5.66. The molecule has 0 bridgehead atoms. The van der Waals surface area contributed by atoms with Crippen LogP contribution in [0.25, 0.3) is 0 Å². The van der Waals surface area contributed by atoms with Gasteiger partial charge in [0.25, 0.3) is 0 Å². The van der Waals surface area contributed by atoms with E-state index < -0.39 is 0 Å². The lowest BCUT2D eigenvalue weighted by Gasteiger charge is -2.35. The van der Waals surface area contributed by atoms with Crippen molar-refractivity contribution < 1.29 is 0 Å². The third kappa shape index (κ3) is 3.08. The standard InChI is InChI=1S/C15H26N2/c1-11-7-8-14(13(3)12(11)2)9-17(6)15(4,5)10-16/h7-8H,9-10,16H2,1-6H3. The van der Waals surface area contributed by atoms with E-state index in [0.717, 1.165) is 6.54 Å². The molecule has 0 unspecified atom stereocenters. The smallest absolute Gasteiger partial charge is 0.0275 e. The van der Waals surface area contributed by atoms with Gasteiger partial charge in [-0.2, -0.15) is 0 Å². The molecule has 96 valence electrons. The van der Waals surface area contributed by atoms with Crippen LogP contribution in [0.15, 0.2) is 12.1 Å². The van der Waals surface area contributed by atoms with E-state index >= 15 is 0 Å². The third-order valence-corrected chi connectivity index (χ3v) is 4.11. The molecular weight excluding hydrogens is 208 g/mol. The Hall–Kier alpha value is -0.860. The molecule has 17 heavy (non-hydrogen) atoms. The summed E-state index contributed by atoms with van der Waals surface area (Å²) in [5.74, 6) is 0. The molecular formula is C15H26N2. The molecule has 0 fully saturated rings. The molecule has 1 rings (SSSR count). The molecule has 0 atom stereocenters. The van der Waals surface area contributed by atoms with Crippen LogP contribution >= 0.6 is 0 Å². The van der Waals surface area contributed by atoms with Crippen molar-refractivity contribution in [3.05, 3.63) is 34.4 Å². The van der Waals surface area contributed by atoms with Gasteiger partial charge in [0, 0.05) is 18.6 Å². The quantitative estimate of drug-likeness (QED) is 0.868. The van der Waals surface area contributed by atoms with Crippen LogP contribution in [0.2, 0.25) is 0 Å². The Morgan fingerprint density at radius 1 is 1.12 bits per heavy atom. The van der Waals surface area contributed by atoms with E-state index in [0.29, 0.717) is 6.54 Å². The average molecular weight is 234 g/mol. The lowest BCUT2D eigenvalue weighted by molar-refractivity contribution is 0.155. The fraction of sp³-hybridized carbons (Fsp3) is 0.600. The monoisotopic (exact) mass is 234 g/mol. The molecule has 0 saturated heterocycles. The first-order valence-corrected chi connectivity index (χ1v) is 6.26. The molecule has 0 heterocycles. The Kier molecular flexibility index (Phi) is 4.34. The van der Waals surface area contributed by atoms with Gasteiger partial charge in [-0.05, 0) is 63.9 Å². The Morgan fingerprint density at radius 2 is 1.71 bits per heavy atom. The van der Waals surface area contributed by atoms with Gasteiger partial charge in [0.1, 0.15) is 0 Å². The number of hydrogen-bond acceptors (Lipinski definition) is 2. The second-order valence-electron chi connectivity index (χ2n) is 5.66. The summed E-state index contributed by atoms with van der Waals surface area (Å²) in [6, 6.07) is 4.45. The number of nitrogens with zero attached hydrogens (tertiary/aromatic N) is 1. The van der Waals surface area contributed by atoms with Gasteiger partial charge in [0.15, 0.2) is 0 Å². The SMILES string of the molecule is Cc1ccc(CN(C)C(C)(C)CN)c(C)c1C. The minimum absolute atomic E-state index is 0.0469. The van der Waals surface area contributed by atoms with Gasteiger partial charge < -0.3 is 5.73 Å². The van der Waals surface area contributed by atoms with Gasteiger partial charge >= 0.3 is 0 Å². The zero-order chi connectivity index (χ0) is 13.2. The summed E-state index contributed by atoms with van der Waals surface area (Å²) >= 11 is 0. The number of hydrogen-bond donors (Lipinski definition) is 1. The Morgan fingerprint density at radius 3 is 2.24 bits per heavy atom. The van der Waals surface area contributed by atoms with Crippen LogP contribution in [0.3, 0.4) is 0 Å². The summed E-state index contributed by atoms with van der Waals surface area (Å²) in [5, 5.41) is 0. The van der Waals surface area contributed by atoms with E-state index in [9.17, 15) is 0 Å². The van der Waals surface area contributed by atoms with Crippen molar-refractivity contribution in [3.63, 3.8) is 0 Å². The van der Waals surface area contributed by atoms with Crippen molar-refractivity contribution in [2.75, 3.05) is 13.6 Å². The second kappa shape index (κ2) is 5.19. The van der Waals surface area contributed by atoms with Crippen LogP contribution in [0.5, 0.6) is 0 Å². The van der Waals surface area contributed by atoms with Crippen molar-refractivity contribution in [2.24, 2.45) is 5.73 Å². The van der Waals surface area contributed by atoms with Gasteiger partial charge in [-0.3, -0.25) is 4.90 Å². The summed E-state index contributed by atoms with van der Waals surface area (Å²) in [5.41, 5.74) is 11.4. The number of aryl methyl sites for hydroxylation is 1. The van der Waals surface area contributed by atoms with E-state index in [-0.39, 0.29) is 5.54 Å². The van der Waals surface area contributed by atoms with Gasteiger partial charge in [0.2, 0.25) is 0 Å². The summed E-state index contributed by atoms with van der Waals surface area (Å²) in [4.78, 5) is 2.32. The molecule has 1 aromatic rings. The van der Waals surface area contributed by atoms with E-state index in [1.165, 1.54) is 22.3 Å². The number of rotatable bonds is 4. The maximum absolute atomic E-state index is 5.81. The first-order chi connectivity index (χ1) is 7.79. The van der Waals surface area contributed by atoms with Gasteiger partial charge in [-0.1, -0.05) is 12.1 Å². The van der Waals surface area contributed by atoms with Crippen LogP contribution in [0.1, 0.15) is 36.1 Å². The normalized spacial score (nSPS) is 12.2. The average Bonchev–Trinajstić information content (AvgIpc) is 2.29. The molecule has 0 aliphatic carbocycles. The highest BCUT2D eigenvalue weighted by Crippen LogP contribution is 2.21. The van der Waals surface area contributed by atoms with Crippen LogP contribution in [-0.4, -0.2) is 24.0 Å². The molecule has 0 saturated carbocycles. The Balaban J connectivity index is 2.93. The lowest BCUT2D eigenvalue weighted by Crippen LogP contribution is -2.46. The van der Waals surface area contributed by atoms with E-state index in [1.54, 1.807) is 0 Å². The Bertz CT molecular complexity index is 394. The van der Waals surface area contributed by atoms with Crippen LogP contribution in [0, 0.1) is 20.8 Å². The van der Waals surface area contributed by atoms with Gasteiger partial charge in [-0.25, -0.2) is 0 Å². The molecule has 0 aliphatic heterocycles. The summed E-state index contributed by atoms with van der Waals surface area (Å²) in [6.45, 7) is 12.6.